The molecule has 4 heteroatoms. The molecule has 1 rings (SSSR count). The Labute approximate surface area is 107 Å². The van der Waals surface area contributed by atoms with Gasteiger partial charge in [0.25, 0.3) is 0 Å². The summed E-state index contributed by atoms with van der Waals surface area (Å²) < 4.78 is 0. The van der Waals surface area contributed by atoms with Crippen LogP contribution < -0.4 is 0 Å². The molecule has 96 valence electrons. The number of phenolic OH excluding ortho intramolecular Hbond substituents is 1. The molecule has 0 spiro atoms. The number of aromatic hydroxyl groups is 1. The number of hydrogen-bond acceptors (Lipinski definition) is 4. The second-order valence-electron chi connectivity index (χ2n) is 3.78. The summed E-state index contributed by atoms with van der Waals surface area (Å²) in [7, 11) is 0. The largest absolute Gasteiger partial charge is 0.507 e. The summed E-state index contributed by atoms with van der Waals surface area (Å²) in [5, 5.41) is 9.48. The summed E-state index contributed by atoms with van der Waals surface area (Å²) in [5.74, 6) is 0.412. The van der Waals surface area contributed by atoms with Crippen LogP contribution in [0.25, 0.3) is 0 Å². The van der Waals surface area contributed by atoms with Gasteiger partial charge in [0.1, 0.15) is 11.5 Å². The second-order valence-corrected chi connectivity index (χ2v) is 3.78. The number of nitrogens with zero attached hydrogens (tertiary/aromatic N) is 2. The van der Waals surface area contributed by atoms with Gasteiger partial charge in [-0.1, -0.05) is 19.1 Å². The fraction of sp³-hybridized carbons (Fsp3) is 0.357. The number of para-hydroxylation sites is 1. The van der Waals surface area contributed by atoms with E-state index in [1.165, 1.54) is 0 Å². The summed E-state index contributed by atoms with van der Waals surface area (Å²) in [4.78, 5) is 19.2. The number of aliphatic imine (C=N–C) groups is 2. The Bertz CT molecular complexity index is 439. The average Bonchev–Trinajstić information content (AvgIpc) is 2.39. The fourth-order valence-corrected chi connectivity index (χ4v) is 1.28. The fourth-order valence-electron chi connectivity index (χ4n) is 1.28. The van der Waals surface area contributed by atoms with Gasteiger partial charge in [-0.2, -0.15) is 0 Å². The van der Waals surface area contributed by atoms with Gasteiger partial charge in [-0.05, 0) is 12.1 Å². The third-order valence-electron chi connectivity index (χ3n) is 2.37. The molecule has 0 heterocycles. The molecule has 1 aromatic rings. The van der Waals surface area contributed by atoms with E-state index in [9.17, 15) is 9.90 Å². The van der Waals surface area contributed by atoms with Crippen molar-refractivity contribution >= 4 is 18.2 Å². The molecule has 1 aromatic carbocycles. The summed E-state index contributed by atoms with van der Waals surface area (Å²) in [6.07, 6.45) is 4.22. The van der Waals surface area contributed by atoms with E-state index in [-0.39, 0.29) is 11.5 Å². The monoisotopic (exact) mass is 246 g/mol. The highest BCUT2D eigenvalue weighted by atomic mass is 16.3. The van der Waals surface area contributed by atoms with Crippen LogP contribution in [0.4, 0.5) is 0 Å². The molecule has 0 bridgehead atoms. The molecule has 0 atom stereocenters. The molecule has 4 nitrogen and oxygen atoms in total. The van der Waals surface area contributed by atoms with Crippen LogP contribution in [0, 0.1) is 0 Å². The quantitative estimate of drug-likeness (QED) is 0.592. The summed E-state index contributed by atoms with van der Waals surface area (Å²) in [5.41, 5.74) is 0.697. The van der Waals surface area contributed by atoms with Crippen molar-refractivity contribution in [2.75, 3.05) is 13.1 Å². The molecule has 0 aliphatic heterocycles. The van der Waals surface area contributed by atoms with Crippen LogP contribution in [0.2, 0.25) is 0 Å². The van der Waals surface area contributed by atoms with E-state index in [1.807, 2.05) is 13.0 Å². The van der Waals surface area contributed by atoms with Gasteiger partial charge < -0.3 is 5.11 Å². The normalized spacial score (nSPS) is 11.4. The van der Waals surface area contributed by atoms with Crippen LogP contribution in [0.3, 0.4) is 0 Å². The van der Waals surface area contributed by atoms with Crippen LogP contribution in [-0.2, 0) is 4.79 Å². The van der Waals surface area contributed by atoms with Gasteiger partial charge in [-0.3, -0.25) is 14.8 Å². The molecule has 0 saturated carbocycles. The highest BCUT2D eigenvalue weighted by molar-refractivity contribution is 5.91. The Kier molecular flexibility index (Phi) is 6.40. The molecular formula is C14H18N2O2. The van der Waals surface area contributed by atoms with Crippen LogP contribution in [0.15, 0.2) is 34.3 Å². The van der Waals surface area contributed by atoms with Crippen molar-refractivity contribution in [3.63, 3.8) is 0 Å². The Balaban J connectivity index is 2.26. The SMILES string of the molecule is CCC(=O)C/C=N\CC/N=C/c1ccccc1O. The van der Waals surface area contributed by atoms with Crippen LogP contribution >= 0.6 is 0 Å². The van der Waals surface area contributed by atoms with Crippen molar-refractivity contribution in [2.24, 2.45) is 9.98 Å². The molecule has 0 fully saturated rings. The van der Waals surface area contributed by atoms with Gasteiger partial charge >= 0.3 is 0 Å². The first-order valence-corrected chi connectivity index (χ1v) is 6.02. The molecule has 18 heavy (non-hydrogen) atoms. The van der Waals surface area contributed by atoms with Gasteiger partial charge in [0.05, 0.1) is 13.1 Å². The van der Waals surface area contributed by atoms with Crippen molar-refractivity contribution in [3.05, 3.63) is 29.8 Å². The molecule has 0 aromatic heterocycles. The molecule has 1 N–H and O–H groups in total. The van der Waals surface area contributed by atoms with Crippen LogP contribution in [0.5, 0.6) is 5.75 Å². The number of carbonyl (C=O) groups is 1. The molecule has 0 amide bonds. The molecule has 0 aliphatic rings. The van der Waals surface area contributed by atoms with Crippen molar-refractivity contribution in [2.45, 2.75) is 19.8 Å². The molecule has 0 aliphatic carbocycles. The molecule has 0 saturated heterocycles. The van der Waals surface area contributed by atoms with Gasteiger partial charge in [-0.15, -0.1) is 0 Å². The topological polar surface area (TPSA) is 62.0 Å². The van der Waals surface area contributed by atoms with Gasteiger partial charge in [0.2, 0.25) is 0 Å². The van der Waals surface area contributed by atoms with Crippen LogP contribution in [-0.4, -0.2) is 36.4 Å². The van der Waals surface area contributed by atoms with Gasteiger partial charge in [-0.25, -0.2) is 0 Å². The highest BCUT2D eigenvalue weighted by Gasteiger charge is 1.94. The van der Waals surface area contributed by atoms with E-state index in [0.717, 1.165) is 0 Å². The zero-order valence-electron chi connectivity index (χ0n) is 10.5. The Morgan fingerprint density at radius 2 is 2.00 bits per heavy atom. The lowest BCUT2D eigenvalue weighted by molar-refractivity contribution is -0.117. The zero-order chi connectivity index (χ0) is 13.2. The van der Waals surface area contributed by atoms with Crippen molar-refractivity contribution in [1.29, 1.82) is 0 Å². The third kappa shape index (κ3) is 5.39. The van der Waals surface area contributed by atoms with E-state index in [1.54, 1.807) is 30.6 Å². The number of hydrogen-bond donors (Lipinski definition) is 1. The first-order chi connectivity index (χ1) is 8.74. The average molecular weight is 246 g/mol. The van der Waals surface area contributed by atoms with Crippen molar-refractivity contribution in [1.82, 2.24) is 0 Å². The number of Topliss-reactive ketones (excluding diaryl/α,β-unsaturated/α-hetero) is 1. The summed E-state index contributed by atoms with van der Waals surface area (Å²) >= 11 is 0. The predicted octanol–water partition coefficient (Wildman–Crippen LogP) is 2.25. The second kappa shape index (κ2) is 8.17. The van der Waals surface area contributed by atoms with E-state index in [4.69, 9.17) is 0 Å². The van der Waals surface area contributed by atoms with E-state index >= 15 is 0 Å². The standard InChI is InChI=1S/C14H18N2O2/c1-2-13(17)7-8-15-9-10-16-11-12-5-3-4-6-14(12)18/h3-6,8,11,18H,2,7,9-10H2,1H3/b15-8-,16-11+. The lowest BCUT2D eigenvalue weighted by atomic mass is 10.2. The molecular weight excluding hydrogens is 228 g/mol. The van der Waals surface area contributed by atoms with E-state index in [0.29, 0.717) is 31.5 Å². The number of carbonyl (C=O) groups excluding carboxylic acids is 1. The minimum Gasteiger partial charge on any atom is -0.507 e. The maximum atomic E-state index is 11.0. The maximum absolute atomic E-state index is 11.0. The summed E-state index contributed by atoms with van der Waals surface area (Å²) in [6, 6.07) is 7.02. The predicted molar refractivity (Wildman–Crippen MR) is 73.8 cm³/mol. The highest BCUT2D eigenvalue weighted by Crippen LogP contribution is 2.12. The van der Waals surface area contributed by atoms with Crippen LogP contribution in [0.1, 0.15) is 25.3 Å². The zero-order valence-corrected chi connectivity index (χ0v) is 10.5. The lowest BCUT2D eigenvalue weighted by Gasteiger charge is -1.96. The Morgan fingerprint density at radius 3 is 2.72 bits per heavy atom. The number of benzene rings is 1. The Morgan fingerprint density at radius 1 is 1.28 bits per heavy atom. The van der Waals surface area contributed by atoms with Crippen molar-refractivity contribution < 1.29 is 9.90 Å². The van der Waals surface area contributed by atoms with Crippen molar-refractivity contribution in [3.8, 4) is 5.75 Å². The minimum absolute atomic E-state index is 0.191. The summed E-state index contributed by atoms with van der Waals surface area (Å²) in [6.45, 7) is 2.94. The first-order valence-electron chi connectivity index (χ1n) is 6.02. The molecule has 0 radical (unpaired) electrons. The van der Waals surface area contributed by atoms with Gasteiger partial charge in [0, 0.05) is 30.8 Å². The van der Waals surface area contributed by atoms with E-state index < -0.39 is 0 Å². The number of rotatable bonds is 7. The van der Waals surface area contributed by atoms with E-state index in [2.05, 4.69) is 9.98 Å². The third-order valence-corrected chi connectivity index (χ3v) is 2.37. The lowest BCUT2D eigenvalue weighted by Crippen LogP contribution is -1.96. The minimum atomic E-state index is 0.191. The number of phenols is 1. The first kappa shape index (κ1) is 14.1. The Hall–Kier alpha value is -1.97. The van der Waals surface area contributed by atoms with Gasteiger partial charge in [0.15, 0.2) is 0 Å². The maximum Gasteiger partial charge on any atom is 0.137 e. The smallest absolute Gasteiger partial charge is 0.137 e. The number of ketones is 1. The molecule has 0 unspecified atom stereocenters.